The normalized spacial score (nSPS) is 13.5. The number of fused-ring (bicyclic) bond motifs is 1. The standard InChI is InChI=1S/C18H26N2O4/c1-5-13(8-9-21)20-18(22)19-12(3)17-11(2)15-10-14(23-4)6-7-16(15)24-17/h6-7,10,12-13,21H,5,8-9H2,1-4H3,(H2,19,20,22). The van der Waals surface area contributed by atoms with E-state index in [9.17, 15) is 4.79 Å². The smallest absolute Gasteiger partial charge is 0.315 e. The van der Waals surface area contributed by atoms with Crippen molar-refractivity contribution in [3.63, 3.8) is 0 Å². The first-order valence-electron chi connectivity index (χ1n) is 8.25. The lowest BCUT2D eigenvalue weighted by atomic mass is 10.1. The van der Waals surface area contributed by atoms with Crippen molar-refractivity contribution in [2.45, 2.75) is 45.7 Å². The number of nitrogens with one attached hydrogen (secondary N) is 2. The van der Waals surface area contributed by atoms with Crippen molar-refractivity contribution < 1.29 is 19.1 Å². The number of carbonyl (C=O) groups excluding carboxylic acids is 1. The van der Waals surface area contributed by atoms with Gasteiger partial charge in [-0.05, 0) is 44.9 Å². The van der Waals surface area contributed by atoms with Gasteiger partial charge in [0.1, 0.15) is 17.1 Å². The molecule has 2 atom stereocenters. The molecule has 0 fully saturated rings. The highest BCUT2D eigenvalue weighted by Crippen LogP contribution is 2.31. The molecule has 0 saturated carbocycles. The van der Waals surface area contributed by atoms with E-state index in [1.165, 1.54) is 0 Å². The molecule has 0 radical (unpaired) electrons. The molecule has 0 saturated heterocycles. The maximum atomic E-state index is 12.1. The zero-order valence-electron chi connectivity index (χ0n) is 14.7. The van der Waals surface area contributed by atoms with Crippen LogP contribution in [-0.4, -0.2) is 30.9 Å². The minimum atomic E-state index is -0.268. The van der Waals surface area contributed by atoms with Gasteiger partial charge in [-0.3, -0.25) is 0 Å². The summed E-state index contributed by atoms with van der Waals surface area (Å²) in [5.74, 6) is 1.50. The first-order valence-corrected chi connectivity index (χ1v) is 8.25. The maximum absolute atomic E-state index is 12.1. The van der Waals surface area contributed by atoms with Crippen LogP contribution in [0, 0.1) is 6.92 Å². The zero-order valence-corrected chi connectivity index (χ0v) is 14.7. The Kier molecular flexibility index (Phi) is 6.09. The summed E-state index contributed by atoms with van der Waals surface area (Å²) in [6, 6.07) is 5.07. The number of aryl methyl sites for hydroxylation is 1. The van der Waals surface area contributed by atoms with Gasteiger partial charge in [-0.2, -0.15) is 0 Å². The third-order valence-electron chi connectivity index (χ3n) is 4.23. The molecule has 2 rings (SSSR count). The molecule has 0 aliphatic heterocycles. The molecule has 24 heavy (non-hydrogen) atoms. The Balaban J connectivity index is 2.12. The van der Waals surface area contributed by atoms with Gasteiger partial charge in [0.25, 0.3) is 0 Å². The van der Waals surface area contributed by atoms with Gasteiger partial charge in [0.05, 0.1) is 13.2 Å². The molecule has 132 valence electrons. The first kappa shape index (κ1) is 18.1. The fourth-order valence-corrected chi connectivity index (χ4v) is 2.78. The van der Waals surface area contributed by atoms with Crippen LogP contribution < -0.4 is 15.4 Å². The summed E-state index contributed by atoms with van der Waals surface area (Å²) in [6.07, 6.45) is 1.31. The summed E-state index contributed by atoms with van der Waals surface area (Å²) in [5.41, 5.74) is 1.75. The highest BCUT2D eigenvalue weighted by molar-refractivity contribution is 5.84. The number of rotatable bonds is 7. The van der Waals surface area contributed by atoms with Gasteiger partial charge in [-0.25, -0.2) is 4.79 Å². The molecule has 1 heterocycles. The number of benzene rings is 1. The largest absolute Gasteiger partial charge is 0.497 e. The van der Waals surface area contributed by atoms with Crippen LogP contribution in [0.25, 0.3) is 11.0 Å². The maximum Gasteiger partial charge on any atom is 0.315 e. The molecule has 0 aliphatic carbocycles. The third-order valence-corrected chi connectivity index (χ3v) is 4.23. The Bertz CT molecular complexity index is 696. The van der Waals surface area contributed by atoms with Crippen molar-refractivity contribution in [3.05, 3.63) is 29.5 Å². The van der Waals surface area contributed by atoms with Crippen LogP contribution in [0.15, 0.2) is 22.6 Å². The monoisotopic (exact) mass is 334 g/mol. The second-order valence-electron chi connectivity index (χ2n) is 5.91. The molecule has 6 heteroatoms. The quantitative estimate of drug-likeness (QED) is 0.725. The van der Waals surface area contributed by atoms with Crippen LogP contribution in [0.4, 0.5) is 4.79 Å². The van der Waals surface area contributed by atoms with Crippen LogP contribution in [0.1, 0.15) is 44.1 Å². The summed E-state index contributed by atoms with van der Waals surface area (Å²) < 4.78 is 11.2. The molecule has 3 N–H and O–H groups in total. The van der Waals surface area contributed by atoms with Gasteiger partial charge < -0.3 is 24.9 Å². The van der Waals surface area contributed by atoms with Crippen LogP contribution in [-0.2, 0) is 0 Å². The molecule has 2 aromatic rings. The second kappa shape index (κ2) is 8.06. The lowest BCUT2D eigenvalue weighted by molar-refractivity contribution is 0.224. The van der Waals surface area contributed by atoms with E-state index in [1.54, 1.807) is 7.11 Å². The average molecular weight is 334 g/mol. The third kappa shape index (κ3) is 4.00. The summed E-state index contributed by atoms with van der Waals surface area (Å²) in [7, 11) is 1.63. The molecule has 0 aliphatic rings. The Morgan fingerprint density at radius 2 is 2.12 bits per heavy atom. The van der Waals surface area contributed by atoms with Gasteiger partial charge >= 0.3 is 6.03 Å². The number of ether oxygens (including phenoxy) is 1. The topological polar surface area (TPSA) is 83.7 Å². The lowest BCUT2D eigenvalue weighted by Crippen LogP contribution is -2.43. The molecule has 0 bridgehead atoms. The molecule has 2 unspecified atom stereocenters. The summed E-state index contributed by atoms with van der Waals surface area (Å²) in [6.45, 7) is 5.88. The summed E-state index contributed by atoms with van der Waals surface area (Å²) >= 11 is 0. The van der Waals surface area contributed by atoms with E-state index >= 15 is 0 Å². The van der Waals surface area contributed by atoms with E-state index in [1.807, 2.05) is 39.0 Å². The van der Waals surface area contributed by atoms with Crippen LogP contribution in [0.3, 0.4) is 0 Å². The number of methoxy groups -OCH3 is 1. The Morgan fingerprint density at radius 3 is 2.75 bits per heavy atom. The molecule has 1 aromatic heterocycles. The zero-order chi connectivity index (χ0) is 17.7. The SMILES string of the molecule is CCC(CCO)NC(=O)NC(C)c1oc2ccc(OC)cc2c1C. The number of aliphatic hydroxyl groups excluding tert-OH is 1. The van der Waals surface area contributed by atoms with Crippen molar-refractivity contribution in [1.82, 2.24) is 10.6 Å². The highest BCUT2D eigenvalue weighted by atomic mass is 16.5. The van der Waals surface area contributed by atoms with Crippen LogP contribution in [0.5, 0.6) is 5.75 Å². The minimum absolute atomic E-state index is 0.0387. The average Bonchev–Trinajstić information content (AvgIpc) is 2.90. The van der Waals surface area contributed by atoms with E-state index in [-0.39, 0.29) is 24.7 Å². The van der Waals surface area contributed by atoms with E-state index in [0.29, 0.717) is 6.42 Å². The Hall–Kier alpha value is -2.21. The number of amides is 2. The number of urea groups is 1. The van der Waals surface area contributed by atoms with Crippen molar-refractivity contribution >= 4 is 17.0 Å². The van der Waals surface area contributed by atoms with E-state index in [0.717, 1.165) is 34.5 Å². The van der Waals surface area contributed by atoms with Gasteiger partial charge in [-0.1, -0.05) is 6.92 Å². The van der Waals surface area contributed by atoms with E-state index < -0.39 is 0 Å². The predicted molar refractivity (Wildman–Crippen MR) is 93.4 cm³/mol. The molecular formula is C18H26N2O4. The van der Waals surface area contributed by atoms with E-state index in [2.05, 4.69) is 10.6 Å². The van der Waals surface area contributed by atoms with Crippen molar-refractivity contribution in [2.24, 2.45) is 0 Å². The van der Waals surface area contributed by atoms with Crippen LogP contribution in [0.2, 0.25) is 0 Å². The minimum Gasteiger partial charge on any atom is -0.497 e. The van der Waals surface area contributed by atoms with Crippen molar-refractivity contribution in [1.29, 1.82) is 0 Å². The predicted octanol–water partition coefficient (Wildman–Crippen LogP) is 3.27. The Morgan fingerprint density at radius 1 is 1.38 bits per heavy atom. The summed E-state index contributed by atoms with van der Waals surface area (Å²) in [5, 5.41) is 15.7. The molecule has 0 spiro atoms. The van der Waals surface area contributed by atoms with Gasteiger partial charge in [0.15, 0.2) is 0 Å². The molecule has 1 aromatic carbocycles. The highest BCUT2D eigenvalue weighted by Gasteiger charge is 2.19. The molecule has 2 amide bonds. The number of hydrogen-bond donors (Lipinski definition) is 3. The number of furan rings is 1. The number of aliphatic hydroxyl groups is 1. The number of hydrogen-bond acceptors (Lipinski definition) is 4. The van der Waals surface area contributed by atoms with Crippen molar-refractivity contribution in [2.75, 3.05) is 13.7 Å². The van der Waals surface area contributed by atoms with Crippen LogP contribution >= 0.6 is 0 Å². The lowest BCUT2D eigenvalue weighted by Gasteiger charge is -2.18. The molecular weight excluding hydrogens is 308 g/mol. The Labute approximate surface area is 142 Å². The number of carbonyl (C=O) groups is 1. The van der Waals surface area contributed by atoms with E-state index in [4.69, 9.17) is 14.3 Å². The van der Waals surface area contributed by atoms with Crippen molar-refractivity contribution in [3.8, 4) is 5.75 Å². The fourth-order valence-electron chi connectivity index (χ4n) is 2.78. The second-order valence-corrected chi connectivity index (χ2v) is 5.91. The fraction of sp³-hybridized carbons (Fsp3) is 0.500. The van der Waals surface area contributed by atoms with Gasteiger partial charge in [0.2, 0.25) is 0 Å². The van der Waals surface area contributed by atoms with Gasteiger partial charge in [-0.15, -0.1) is 0 Å². The summed E-state index contributed by atoms with van der Waals surface area (Å²) in [4.78, 5) is 12.1. The van der Waals surface area contributed by atoms with Gasteiger partial charge in [0, 0.05) is 23.6 Å². The first-order chi connectivity index (χ1) is 11.5. The molecule has 6 nitrogen and oxygen atoms in total.